The van der Waals surface area contributed by atoms with Gasteiger partial charge in [-0.15, -0.1) is 0 Å². The van der Waals surface area contributed by atoms with Gasteiger partial charge in [-0.1, -0.05) is 0 Å². The number of nitrogens with zero attached hydrogens (tertiary/aromatic N) is 3. The monoisotopic (exact) mass is 294 g/mol. The Morgan fingerprint density at radius 1 is 1.57 bits per heavy atom. The zero-order valence-electron chi connectivity index (χ0n) is 11.8. The average molecular weight is 294 g/mol. The van der Waals surface area contributed by atoms with Crippen molar-refractivity contribution in [2.75, 3.05) is 32.0 Å². The Morgan fingerprint density at radius 3 is 2.81 bits per heavy atom. The van der Waals surface area contributed by atoms with Crippen LogP contribution in [0.3, 0.4) is 0 Å². The van der Waals surface area contributed by atoms with E-state index in [0.29, 0.717) is 18.3 Å². The Balaban J connectivity index is 2.02. The van der Waals surface area contributed by atoms with E-state index < -0.39 is 16.6 Å². The van der Waals surface area contributed by atoms with Crippen LogP contribution in [0.5, 0.6) is 0 Å². The third-order valence-electron chi connectivity index (χ3n) is 3.72. The van der Waals surface area contributed by atoms with E-state index in [2.05, 4.69) is 22.2 Å². The molecule has 0 aromatic carbocycles. The molecule has 8 heteroatoms. The van der Waals surface area contributed by atoms with Crippen molar-refractivity contribution < 1.29 is 14.8 Å². The number of likely N-dealkylation sites (tertiary alicyclic amines) is 1. The maximum Gasteiger partial charge on any atom is 0.342 e. The summed E-state index contributed by atoms with van der Waals surface area (Å²) < 4.78 is 0. The first kappa shape index (κ1) is 15.2. The van der Waals surface area contributed by atoms with Gasteiger partial charge in [-0.05, 0) is 38.9 Å². The second-order valence-electron chi connectivity index (χ2n) is 5.28. The SMILES string of the molecule is CN1CCC(CNc2cc(C(=O)O)c([N+](=O)[O-])cn2)CC1. The first-order valence-corrected chi connectivity index (χ1v) is 6.77. The molecule has 21 heavy (non-hydrogen) atoms. The van der Waals surface area contributed by atoms with Crippen molar-refractivity contribution in [3.63, 3.8) is 0 Å². The number of carboxylic acid groups (broad SMARTS) is 1. The summed E-state index contributed by atoms with van der Waals surface area (Å²) in [5.41, 5.74) is -0.840. The summed E-state index contributed by atoms with van der Waals surface area (Å²) in [4.78, 5) is 27.2. The van der Waals surface area contributed by atoms with Crippen LogP contribution < -0.4 is 5.32 Å². The van der Waals surface area contributed by atoms with Crippen LogP contribution in [0.25, 0.3) is 0 Å². The zero-order chi connectivity index (χ0) is 15.4. The largest absolute Gasteiger partial charge is 0.477 e. The van der Waals surface area contributed by atoms with Crippen molar-refractivity contribution >= 4 is 17.5 Å². The van der Waals surface area contributed by atoms with Gasteiger partial charge in [0.05, 0.1) is 4.92 Å². The highest BCUT2D eigenvalue weighted by Crippen LogP contribution is 2.21. The fourth-order valence-electron chi connectivity index (χ4n) is 2.38. The van der Waals surface area contributed by atoms with E-state index >= 15 is 0 Å². The molecular weight excluding hydrogens is 276 g/mol. The summed E-state index contributed by atoms with van der Waals surface area (Å²) >= 11 is 0. The van der Waals surface area contributed by atoms with Crippen LogP contribution in [0.15, 0.2) is 12.3 Å². The summed E-state index contributed by atoms with van der Waals surface area (Å²) in [5, 5.41) is 22.8. The van der Waals surface area contributed by atoms with Crippen LogP contribution in [-0.4, -0.2) is 52.6 Å². The fourth-order valence-corrected chi connectivity index (χ4v) is 2.38. The minimum atomic E-state index is -1.33. The second kappa shape index (κ2) is 6.49. The lowest BCUT2D eigenvalue weighted by molar-refractivity contribution is -0.385. The average Bonchev–Trinajstić information content (AvgIpc) is 2.46. The molecule has 1 aliphatic rings. The number of hydrogen-bond donors (Lipinski definition) is 2. The Labute approximate surface area is 121 Å². The minimum Gasteiger partial charge on any atom is -0.477 e. The highest BCUT2D eigenvalue weighted by Gasteiger charge is 2.22. The van der Waals surface area contributed by atoms with E-state index in [-0.39, 0.29) is 5.56 Å². The van der Waals surface area contributed by atoms with Gasteiger partial charge in [0.2, 0.25) is 0 Å². The van der Waals surface area contributed by atoms with E-state index in [1.165, 1.54) is 6.07 Å². The predicted octanol–water partition coefficient (Wildman–Crippen LogP) is 1.44. The molecular formula is C13H18N4O4. The van der Waals surface area contributed by atoms with Crippen molar-refractivity contribution in [1.29, 1.82) is 0 Å². The van der Waals surface area contributed by atoms with E-state index in [4.69, 9.17) is 5.11 Å². The Hall–Kier alpha value is -2.22. The Morgan fingerprint density at radius 2 is 2.24 bits per heavy atom. The summed E-state index contributed by atoms with van der Waals surface area (Å²) in [6.07, 6.45) is 3.13. The summed E-state index contributed by atoms with van der Waals surface area (Å²) in [6, 6.07) is 1.22. The standard InChI is InChI=1S/C13H18N4O4/c1-16-4-2-9(3-5-16)7-14-12-6-10(13(18)19)11(8-15-12)17(20)21/h6,8-9H,2-5,7H2,1H3,(H,14,15)(H,18,19). The van der Waals surface area contributed by atoms with Crippen LogP contribution in [0.4, 0.5) is 11.5 Å². The third-order valence-corrected chi connectivity index (χ3v) is 3.72. The van der Waals surface area contributed by atoms with Gasteiger partial charge in [0.15, 0.2) is 0 Å². The molecule has 114 valence electrons. The van der Waals surface area contributed by atoms with Gasteiger partial charge < -0.3 is 15.3 Å². The highest BCUT2D eigenvalue weighted by atomic mass is 16.6. The molecule has 0 aliphatic carbocycles. The molecule has 1 aromatic heterocycles. The summed E-state index contributed by atoms with van der Waals surface area (Å²) in [5.74, 6) is -0.463. The zero-order valence-corrected chi connectivity index (χ0v) is 11.8. The predicted molar refractivity (Wildman–Crippen MR) is 76.6 cm³/mol. The smallest absolute Gasteiger partial charge is 0.342 e. The molecule has 0 saturated carbocycles. The number of rotatable bonds is 5. The van der Waals surface area contributed by atoms with Crippen LogP contribution in [0.1, 0.15) is 23.2 Å². The van der Waals surface area contributed by atoms with Crippen molar-refractivity contribution in [3.8, 4) is 0 Å². The molecule has 0 atom stereocenters. The Kier molecular flexibility index (Phi) is 4.69. The maximum atomic E-state index is 11.1. The van der Waals surface area contributed by atoms with Crippen molar-refractivity contribution in [1.82, 2.24) is 9.88 Å². The minimum absolute atomic E-state index is 0.346. The molecule has 0 unspecified atom stereocenters. The van der Waals surface area contributed by atoms with Crippen LogP contribution >= 0.6 is 0 Å². The van der Waals surface area contributed by atoms with E-state index in [1.807, 2.05) is 0 Å². The number of carbonyl (C=O) groups is 1. The molecule has 1 aromatic rings. The van der Waals surface area contributed by atoms with Crippen LogP contribution in [0, 0.1) is 16.0 Å². The summed E-state index contributed by atoms with van der Waals surface area (Å²) in [6.45, 7) is 2.78. The molecule has 1 fully saturated rings. The number of nitro groups is 1. The van der Waals surface area contributed by atoms with Crippen molar-refractivity contribution in [2.24, 2.45) is 5.92 Å². The number of nitrogens with one attached hydrogen (secondary N) is 1. The van der Waals surface area contributed by atoms with E-state index in [0.717, 1.165) is 32.1 Å². The third kappa shape index (κ3) is 3.88. The van der Waals surface area contributed by atoms with Crippen molar-refractivity contribution in [3.05, 3.63) is 27.9 Å². The highest BCUT2D eigenvalue weighted by molar-refractivity contribution is 5.93. The number of pyridine rings is 1. The van der Waals surface area contributed by atoms with Gasteiger partial charge in [0.1, 0.15) is 17.6 Å². The molecule has 0 bridgehead atoms. The number of piperidine rings is 1. The lowest BCUT2D eigenvalue weighted by atomic mass is 9.97. The summed E-state index contributed by atoms with van der Waals surface area (Å²) in [7, 11) is 2.08. The van der Waals surface area contributed by atoms with Gasteiger partial charge in [0.25, 0.3) is 0 Å². The Bertz CT molecular complexity index is 541. The number of anilines is 1. The fraction of sp³-hybridized carbons (Fsp3) is 0.538. The topological polar surface area (TPSA) is 109 Å². The lowest BCUT2D eigenvalue weighted by Gasteiger charge is -2.29. The first-order valence-electron chi connectivity index (χ1n) is 6.77. The molecule has 2 N–H and O–H groups in total. The molecule has 1 aliphatic heterocycles. The molecule has 2 heterocycles. The molecule has 0 amide bonds. The van der Waals surface area contributed by atoms with E-state index in [1.54, 1.807) is 0 Å². The molecule has 8 nitrogen and oxygen atoms in total. The van der Waals surface area contributed by atoms with Gasteiger partial charge >= 0.3 is 11.7 Å². The number of aromatic carboxylic acids is 1. The van der Waals surface area contributed by atoms with Gasteiger partial charge in [-0.25, -0.2) is 9.78 Å². The molecule has 1 saturated heterocycles. The van der Waals surface area contributed by atoms with Crippen LogP contribution in [0.2, 0.25) is 0 Å². The second-order valence-corrected chi connectivity index (χ2v) is 5.28. The maximum absolute atomic E-state index is 11.1. The van der Waals surface area contributed by atoms with Gasteiger partial charge in [-0.2, -0.15) is 0 Å². The molecule has 0 radical (unpaired) electrons. The quantitative estimate of drug-likeness (QED) is 0.624. The van der Waals surface area contributed by atoms with E-state index in [9.17, 15) is 14.9 Å². The van der Waals surface area contributed by atoms with Gasteiger partial charge in [-0.3, -0.25) is 10.1 Å². The number of hydrogen-bond acceptors (Lipinski definition) is 6. The number of aromatic nitrogens is 1. The lowest BCUT2D eigenvalue weighted by Crippen LogP contribution is -2.33. The molecule has 2 rings (SSSR count). The van der Waals surface area contributed by atoms with Crippen LogP contribution in [-0.2, 0) is 0 Å². The molecule has 0 spiro atoms. The first-order chi connectivity index (χ1) is 9.97. The number of carboxylic acids is 1. The van der Waals surface area contributed by atoms with Gasteiger partial charge in [0, 0.05) is 12.6 Å². The normalized spacial score (nSPS) is 16.6. The van der Waals surface area contributed by atoms with Crippen molar-refractivity contribution in [2.45, 2.75) is 12.8 Å².